The normalized spacial score (nSPS) is 15.1. The number of carbonyl (C=O) groups excluding carboxylic acids is 1. The number of rotatable bonds is 6. The number of aromatic nitrogens is 2. The predicted molar refractivity (Wildman–Crippen MR) is 100 cm³/mol. The molecule has 0 radical (unpaired) electrons. The number of pyridine rings is 2. The summed E-state index contributed by atoms with van der Waals surface area (Å²) in [4.78, 5) is 32.3. The molecule has 1 unspecified atom stereocenters. The van der Waals surface area contributed by atoms with Gasteiger partial charge in [-0.3, -0.25) is 9.59 Å². The van der Waals surface area contributed by atoms with Crippen molar-refractivity contribution in [2.24, 2.45) is 5.92 Å². The predicted octanol–water partition coefficient (Wildman–Crippen LogP) is 1.89. The molecule has 1 fully saturated rings. The number of H-pyrrole nitrogens is 1. The van der Waals surface area contributed by atoms with Crippen molar-refractivity contribution in [2.75, 3.05) is 25.5 Å². The third-order valence-corrected chi connectivity index (χ3v) is 4.67. The van der Waals surface area contributed by atoms with Gasteiger partial charge in [-0.2, -0.15) is 0 Å². The molecule has 3 heterocycles. The molecule has 1 aliphatic rings. The number of anilines is 1. The minimum absolute atomic E-state index is 0.0556. The molecule has 136 valence electrons. The first kappa shape index (κ1) is 17.7. The van der Waals surface area contributed by atoms with Gasteiger partial charge in [0, 0.05) is 49.1 Å². The van der Waals surface area contributed by atoms with Crippen LogP contribution >= 0.6 is 0 Å². The molecular weight excluding hydrogens is 332 g/mol. The molecule has 0 aliphatic carbocycles. The standard InChI is InChI=1S/C19H22N4O3/c1-4-18(24)23-10-15(11-23)12(2)22-16-7-14(9-21-19(16)25)13-5-6-20-17(8-13)26-3/h4-9,12,15,22H,1,10-11H2,2-3H3,(H,21,25). The van der Waals surface area contributed by atoms with Crippen molar-refractivity contribution in [3.8, 4) is 17.0 Å². The van der Waals surface area contributed by atoms with E-state index in [0.717, 1.165) is 11.1 Å². The Labute approximate surface area is 151 Å². The summed E-state index contributed by atoms with van der Waals surface area (Å²) in [5.74, 6) is 0.751. The summed E-state index contributed by atoms with van der Waals surface area (Å²) in [6, 6.07) is 5.54. The number of ether oxygens (including phenoxy) is 1. The lowest BCUT2D eigenvalue weighted by Gasteiger charge is -2.42. The van der Waals surface area contributed by atoms with Crippen LogP contribution in [0.2, 0.25) is 0 Å². The third kappa shape index (κ3) is 3.61. The van der Waals surface area contributed by atoms with Gasteiger partial charge in [0.15, 0.2) is 0 Å². The van der Waals surface area contributed by atoms with Gasteiger partial charge in [-0.25, -0.2) is 4.98 Å². The van der Waals surface area contributed by atoms with Gasteiger partial charge >= 0.3 is 0 Å². The summed E-state index contributed by atoms with van der Waals surface area (Å²) in [6.07, 6.45) is 4.65. The van der Waals surface area contributed by atoms with Crippen LogP contribution in [-0.2, 0) is 4.79 Å². The zero-order valence-corrected chi connectivity index (χ0v) is 14.9. The van der Waals surface area contributed by atoms with E-state index in [-0.39, 0.29) is 17.5 Å². The van der Waals surface area contributed by atoms with Crippen molar-refractivity contribution < 1.29 is 9.53 Å². The highest BCUT2D eigenvalue weighted by Gasteiger charge is 2.33. The largest absolute Gasteiger partial charge is 0.481 e. The van der Waals surface area contributed by atoms with Gasteiger partial charge < -0.3 is 19.9 Å². The molecule has 26 heavy (non-hydrogen) atoms. The Morgan fingerprint density at radius 2 is 2.23 bits per heavy atom. The molecule has 1 amide bonds. The van der Waals surface area contributed by atoms with Gasteiger partial charge in [0.2, 0.25) is 11.8 Å². The van der Waals surface area contributed by atoms with Crippen LogP contribution < -0.4 is 15.6 Å². The summed E-state index contributed by atoms with van der Waals surface area (Å²) < 4.78 is 5.15. The van der Waals surface area contributed by atoms with Gasteiger partial charge in [0.05, 0.1) is 7.11 Å². The average molecular weight is 354 g/mol. The Bertz CT molecular complexity index is 871. The molecule has 2 aromatic heterocycles. The Kier molecular flexibility index (Phi) is 5.06. The number of nitrogens with one attached hydrogen (secondary N) is 2. The average Bonchev–Trinajstić information content (AvgIpc) is 2.62. The quantitative estimate of drug-likeness (QED) is 0.774. The zero-order chi connectivity index (χ0) is 18.7. The van der Waals surface area contributed by atoms with Gasteiger partial charge in [-0.05, 0) is 30.7 Å². The van der Waals surface area contributed by atoms with Crippen molar-refractivity contribution in [3.63, 3.8) is 0 Å². The highest BCUT2D eigenvalue weighted by molar-refractivity contribution is 5.87. The summed E-state index contributed by atoms with van der Waals surface area (Å²) >= 11 is 0. The Morgan fingerprint density at radius 1 is 1.46 bits per heavy atom. The first-order valence-corrected chi connectivity index (χ1v) is 8.43. The molecule has 0 spiro atoms. The fourth-order valence-electron chi connectivity index (χ4n) is 2.96. The molecule has 0 saturated carbocycles. The van der Waals surface area contributed by atoms with Crippen LogP contribution in [0.4, 0.5) is 5.69 Å². The molecule has 2 N–H and O–H groups in total. The van der Waals surface area contributed by atoms with Gasteiger partial charge in [0.25, 0.3) is 5.56 Å². The second kappa shape index (κ2) is 7.43. The van der Waals surface area contributed by atoms with E-state index in [1.54, 1.807) is 24.4 Å². The number of carbonyl (C=O) groups is 1. The zero-order valence-electron chi connectivity index (χ0n) is 14.9. The van der Waals surface area contributed by atoms with Crippen LogP contribution in [0, 0.1) is 5.92 Å². The number of nitrogens with zero attached hydrogens (tertiary/aromatic N) is 2. The van der Waals surface area contributed by atoms with Crippen molar-refractivity contribution in [1.82, 2.24) is 14.9 Å². The van der Waals surface area contributed by atoms with E-state index in [9.17, 15) is 9.59 Å². The van der Waals surface area contributed by atoms with Crippen LogP contribution in [0.25, 0.3) is 11.1 Å². The Morgan fingerprint density at radius 3 is 2.92 bits per heavy atom. The minimum atomic E-state index is -0.181. The SMILES string of the molecule is C=CC(=O)N1CC(C(C)Nc2cc(-c3ccnc(OC)c3)c[nH]c2=O)C1. The van der Waals surface area contributed by atoms with Crippen LogP contribution in [0.3, 0.4) is 0 Å². The van der Waals surface area contributed by atoms with Crippen LogP contribution in [0.1, 0.15) is 6.92 Å². The van der Waals surface area contributed by atoms with E-state index >= 15 is 0 Å². The van der Waals surface area contributed by atoms with Crippen molar-refractivity contribution in [2.45, 2.75) is 13.0 Å². The number of hydrogen-bond donors (Lipinski definition) is 2. The number of hydrogen-bond acceptors (Lipinski definition) is 5. The molecule has 1 aliphatic heterocycles. The Balaban J connectivity index is 1.73. The maximum atomic E-state index is 12.2. The molecule has 2 aromatic rings. The summed E-state index contributed by atoms with van der Waals surface area (Å²) in [5.41, 5.74) is 2.08. The van der Waals surface area contributed by atoms with Crippen molar-refractivity contribution in [3.05, 3.63) is 53.6 Å². The van der Waals surface area contributed by atoms with E-state index in [0.29, 0.717) is 30.6 Å². The van der Waals surface area contributed by atoms with Crippen LogP contribution in [-0.4, -0.2) is 47.0 Å². The lowest BCUT2D eigenvalue weighted by molar-refractivity contribution is -0.132. The highest BCUT2D eigenvalue weighted by atomic mass is 16.5. The molecular formula is C19H22N4O3. The topological polar surface area (TPSA) is 87.3 Å². The maximum Gasteiger partial charge on any atom is 0.271 e. The second-order valence-corrected chi connectivity index (χ2v) is 6.36. The van der Waals surface area contributed by atoms with Crippen molar-refractivity contribution in [1.29, 1.82) is 0 Å². The molecule has 7 nitrogen and oxygen atoms in total. The molecule has 0 aromatic carbocycles. The lowest BCUT2D eigenvalue weighted by Crippen LogP contribution is -2.55. The molecule has 7 heteroatoms. The summed E-state index contributed by atoms with van der Waals surface area (Å²) in [7, 11) is 1.56. The van der Waals surface area contributed by atoms with E-state index in [1.165, 1.54) is 6.08 Å². The molecule has 0 bridgehead atoms. The van der Waals surface area contributed by atoms with Gasteiger partial charge in [-0.15, -0.1) is 0 Å². The summed E-state index contributed by atoms with van der Waals surface area (Å²) in [5, 5.41) is 3.27. The highest BCUT2D eigenvalue weighted by Crippen LogP contribution is 2.25. The fourth-order valence-corrected chi connectivity index (χ4v) is 2.96. The third-order valence-electron chi connectivity index (χ3n) is 4.67. The van der Waals surface area contributed by atoms with Crippen LogP contribution in [0.5, 0.6) is 5.88 Å². The van der Waals surface area contributed by atoms with E-state index in [4.69, 9.17) is 4.74 Å². The van der Waals surface area contributed by atoms with E-state index in [2.05, 4.69) is 21.9 Å². The fraction of sp³-hybridized carbons (Fsp3) is 0.316. The number of aromatic amines is 1. The van der Waals surface area contributed by atoms with Gasteiger partial charge in [0.1, 0.15) is 5.69 Å². The Hall–Kier alpha value is -3.09. The molecule has 3 rings (SSSR count). The number of likely N-dealkylation sites (tertiary alicyclic amines) is 1. The van der Waals surface area contributed by atoms with Crippen LogP contribution in [0.15, 0.2) is 48.0 Å². The monoisotopic (exact) mass is 354 g/mol. The lowest BCUT2D eigenvalue weighted by atomic mass is 9.92. The smallest absolute Gasteiger partial charge is 0.271 e. The second-order valence-electron chi connectivity index (χ2n) is 6.36. The minimum Gasteiger partial charge on any atom is -0.481 e. The van der Waals surface area contributed by atoms with E-state index < -0.39 is 0 Å². The first-order chi connectivity index (χ1) is 12.5. The maximum absolute atomic E-state index is 12.2. The number of methoxy groups -OCH3 is 1. The molecule has 1 saturated heterocycles. The van der Waals surface area contributed by atoms with E-state index in [1.807, 2.05) is 25.1 Å². The number of amides is 1. The first-order valence-electron chi connectivity index (χ1n) is 8.43. The van der Waals surface area contributed by atoms with Crippen molar-refractivity contribution >= 4 is 11.6 Å². The molecule has 1 atom stereocenters. The van der Waals surface area contributed by atoms with Gasteiger partial charge in [-0.1, -0.05) is 6.58 Å². The summed E-state index contributed by atoms with van der Waals surface area (Å²) in [6.45, 7) is 6.84.